The zero-order chi connectivity index (χ0) is 22.2. The first-order valence-electron chi connectivity index (χ1n) is 9.15. The third kappa shape index (κ3) is 5.99. The number of ketones is 1. The van der Waals surface area contributed by atoms with Crippen LogP contribution in [0.15, 0.2) is 83.8 Å². The van der Waals surface area contributed by atoms with Gasteiger partial charge in [-0.3, -0.25) is 9.59 Å². The van der Waals surface area contributed by atoms with Gasteiger partial charge in [0.25, 0.3) is 11.7 Å². The lowest BCUT2D eigenvalue weighted by molar-refractivity contribution is -0.119. The van der Waals surface area contributed by atoms with E-state index in [-0.39, 0.29) is 27.5 Å². The number of nitrogens with one attached hydrogen (secondary N) is 1. The smallest absolute Gasteiger partial charge is 0.339 e. The van der Waals surface area contributed by atoms with Crippen LogP contribution in [0.4, 0.5) is 14.5 Å². The minimum atomic E-state index is -2.64. The van der Waals surface area contributed by atoms with E-state index < -0.39 is 24.2 Å². The molecule has 0 radical (unpaired) electrons. The normalized spacial score (nSPS) is 10.5. The molecule has 31 heavy (non-hydrogen) atoms. The van der Waals surface area contributed by atoms with Crippen LogP contribution in [0.5, 0.6) is 0 Å². The number of rotatable bonds is 8. The Kier molecular flexibility index (Phi) is 7.50. The van der Waals surface area contributed by atoms with Crippen molar-refractivity contribution in [2.24, 2.45) is 0 Å². The van der Waals surface area contributed by atoms with Crippen molar-refractivity contribution in [2.75, 3.05) is 11.9 Å². The highest BCUT2D eigenvalue weighted by Gasteiger charge is 2.20. The summed E-state index contributed by atoms with van der Waals surface area (Å²) in [6.45, 7) is -0.639. The summed E-state index contributed by atoms with van der Waals surface area (Å²) in [4.78, 5) is 37.6. The van der Waals surface area contributed by atoms with Gasteiger partial charge in [-0.25, -0.2) is 4.79 Å². The number of esters is 1. The highest BCUT2D eigenvalue weighted by molar-refractivity contribution is 7.99. The van der Waals surface area contributed by atoms with E-state index in [1.54, 1.807) is 54.6 Å². The van der Waals surface area contributed by atoms with Crippen molar-refractivity contribution in [3.63, 3.8) is 0 Å². The Hall–Kier alpha value is -3.52. The van der Waals surface area contributed by atoms with E-state index >= 15 is 0 Å². The van der Waals surface area contributed by atoms with Crippen LogP contribution in [0.1, 0.15) is 26.3 Å². The van der Waals surface area contributed by atoms with Gasteiger partial charge in [0.2, 0.25) is 0 Å². The second kappa shape index (κ2) is 10.5. The average Bonchev–Trinajstić information content (AvgIpc) is 2.78. The fourth-order valence-corrected chi connectivity index (χ4v) is 3.36. The van der Waals surface area contributed by atoms with Crippen LogP contribution in [0.3, 0.4) is 0 Å². The van der Waals surface area contributed by atoms with Crippen molar-refractivity contribution < 1.29 is 27.9 Å². The van der Waals surface area contributed by atoms with E-state index in [1.807, 2.05) is 0 Å². The predicted octanol–water partition coefficient (Wildman–Crippen LogP) is 5.03. The van der Waals surface area contributed by atoms with Crippen molar-refractivity contribution >= 4 is 35.1 Å². The molecule has 1 N–H and O–H groups in total. The van der Waals surface area contributed by atoms with Crippen molar-refractivity contribution in [3.8, 4) is 0 Å². The van der Waals surface area contributed by atoms with Gasteiger partial charge in [0.15, 0.2) is 12.4 Å². The molecule has 8 heteroatoms. The van der Waals surface area contributed by atoms with Gasteiger partial charge >= 0.3 is 5.97 Å². The van der Waals surface area contributed by atoms with E-state index in [0.29, 0.717) is 17.3 Å². The highest BCUT2D eigenvalue weighted by atomic mass is 32.2. The van der Waals surface area contributed by atoms with E-state index in [0.717, 1.165) is 0 Å². The molecule has 3 rings (SSSR count). The number of carbonyl (C=O) groups excluding carboxylic acids is 3. The number of hydrogen-bond acceptors (Lipinski definition) is 5. The first kappa shape index (κ1) is 22.2. The Labute approximate surface area is 181 Å². The van der Waals surface area contributed by atoms with Gasteiger partial charge in [0.1, 0.15) is 0 Å². The molecule has 3 aromatic rings. The van der Waals surface area contributed by atoms with Crippen LogP contribution < -0.4 is 5.32 Å². The van der Waals surface area contributed by atoms with Crippen LogP contribution in [0.2, 0.25) is 0 Å². The SMILES string of the molecule is O=C(COC(=O)c1ccccc1C(=O)c1ccccc1)Nc1ccccc1SC(F)F. The molecule has 0 bridgehead atoms. The maximum Gasteiger partial charge on any atom is 0.339 e. The van der Waals surface area contributed by atoms with Gasteiger partial charge in [-0.05, 0) is 18.2 Å². The van der Waals surface area contributed by atoms with Crippen molar-refractivity contribution in [1.82, 2.24) is 0 Å². The van der Waals surface area contributed by atoms with Gasteiger partial charge in [-0.15, -0.1) is 0 Å². The molecule has 0 unspecified atom stereocenters. The second-order valence-electron chi connectivity index (χ2n) is 6.24. The summed E-state index contributed by atoms with van der Waals surface area (Å²) in [6.07, 6.45) is 0. The van der Waals surface area contributed by atoms with Crippen molar-refractivity contribution in [1.29, 1.82) is 0 Å². The molecule has 0 aromatic heterocycles. The van der Waals surface area contributed by atoms with E-state index in [4.69, 9.17) is 4.74 Å². The van der Waals surface area contributed by atoms with Gasteiger partial charge in [-0.2, -0.15) is 8.78 Å². The Morgan fingerprint density at radius 3 is 2.16 bits per heavy atom. The third-order valence-corrected chi connectivity index (χ3v) is 4.93. The minimum Gasteiger partial charge on any atom is -0.452 e. The fraction of sp³-hybridized carbons (Fsp3) is 0.0870. The van der Waals surface area contributed by atoms with Crippen molar-refractivity contribution in [2.45, 2.75) is 10.7 Å². The highest BCUT2D eigenvalue weighted by Crippen LogP contribution is 2.31. The Balaban J connectivity index is 1.67. The molecule has 0 aliphatic heterocycles. The lowest BCUT2D eigenvalue weighted by Gasteiger charge is -2.11. The Morgan fingerprint density at radius 1 is 0.839 bits per heavy atom. The molecular weight excluding hydrogens is 424 g/mol. The summed E-state index contributed by atoms with van der Waals surface area (Å²) in [5.41, 5.74) is 0.776. The lowest BCUT2D eigenvalue weighted by atomic mass is 9.98. The molecule has 0 saturated heterocycles. The van der Waals surface area contributed by atoms with Crippen LogP contribution >= 0.6 is 11.8 Å². The fourth-order valence-electron chi connectivity index (χ4n) is 2.77. The van der Waals surface area contributed by atoms with Gasteiger partial charge in [-0.1, -0.05) is 72.4 Å². The van der Waals surface area contributed by atoms with E-state index in [2.05, 4.69) is 5.32 Å². The zero-order valence-electron chi connectivity index (χ0n) is 16.1. The first-order valence-corrected chi connectivity index (χ1v) is 10.0. The topological polar surface area (TPSA) is 72.5 Å². The number of ether oxygens (including phenoxy) is 1. The number of anilines is 1. The van der Waals surface area contributed by atoms with E-state index in [1.165, 1.54) is 24.3 Å². The number of alkyl halides is 2. The van der Waals surface area contributed by atoms with Gasteiger partial charge in [0, 0.05) is 16.0 Å². The van der Waals surface area contributed by atoms with Crippen LogP contribution in [-0.4, -0.2) is 30.0 Å². The Morgan fingerprint density at radius 2 is 1.45 bits per heavy atom. The molecule has 0 atom stereocenters. The molecule has 0 heterocycles. The van der Waals surface area contributed by atoms with Gasteiger partial charge < -0.3 is 10.1 Å². The lowest BCUT2D eigenvalue weighted by Crippen LogP contribution is -2.22. The molecule has 3 aromatic carbocycles. The minimum absolute atomic E-state index is 0.0257. The molecular formula is C23H17F2NO4S. The Bertz CT molecular complexity index is 1090. The summed E-state index contributed by atoms with van der Waals surface area (Å²) < 4.78 is 30.4. The predicted molar refractivity (Wildman–Crippen MR) is 114 cm³/mol. The summed E-state index contributed by atoms with van der Waals surface area (Å²) in [5, 5.41) is 2.45. The number of carbonyl (C=O) groups is 3. The van der Waals surface area contributed by atoms with E-state index in [9.17, 15) is 23.2 Å². The molecule has 0 spiro atoms. The number of halogens is 2. The van der Waals surface area contributed by atoms with Crippen LogP contribution in [0, 0.1) is 0 Å². The quantitative estimate of drug-likeness (QED) is 0.302. The molecule has 158 valence electrons. The number of amides is 1. The third-order valence-electron chi connectivity index (χ3n) is 4.14. The monoisotopic (exact) mass is 441 g/mol. The number of thioether (sulfide) groups is 1. The maximum absolute atomic E-state index is 12.7. The standard InChI is InChI=1S/C23H17F2NO4S/c24-23(25)31-19-13-7-6-12-18(19)26-20(27)14-30-22(29)17-11-5-4-10-16(17)21(28)15-8-2-1-3-9-15/h1-13,23H,14H2,(H,26,27). The average molecular weight is 441 g/mol. The second-order valence-corrected chi connectivity index (χ2v) is 7.27. The largest absolute Gasteiger partial charge is 0.452 e. The summed E-state index contributed by atoms with van der Waals surface area (Å²) in [5.74, 6) is -4.53. The number of hydrogen-bond donors (Lipinski definition) is 1. The molecule has 0 fully saturated rings. The van der Waals surface area contributed by atoms with Gasteiger partial charge in [0.05, 0.1) is 11.3 Å². The van der Waals surface area contributed by atoms with Crippen LogP contribution in [0.25, 0.3) is 0 Å². The molecule has 1 amide bonds. The zero-order valence-corrected chi connectivity index (χ0v) is 16.9. The number of benzene rings is 3. The van der Waals surface area contributed by atoms with Crippen LogP contribution in [-0.2, 0) is 9.53 Å². The molecule has 0 aliphatic carbocycles. The molecule has 0 saturated carbocycles. The molecule has 0 aliphatic rings. The maximum atomic E-state index is 12.7. The first-order chi connectivity index (χ1) is 15.0. The summed E-state index contributed by atoms with van der Waals surface area (Å²) in [7, 11) is 0. The molecule has 5 nitrogen and oxygen atoms in total. The van der Waals surface area contributed by atoms with Crippen molar-refractivity contribution in [3.05, 3.63) is 95.6 Å². The summed E-state index contributed by atoms with van der Waals surface area (Å²) >= 11 is 0.298. The number of para-hydroxylation sites is 1. The summed E-state index contributed by atoms with van der Waals surface area (Å²) in [6, 6.07) is 20.7.